The molecule has 3 heterocycles. The number of carbonyl (C=O) groups is 2. The molecule has 1 amide bonds. The fourth-order valence-corrected chi connectivity index (χ4v) is 5.35. The van der Waals surface area contributed by atoms with Crippen molar-refractivity contribution in [1.82, 2.24) is 9.47 Å². The van der Waals surface area contributed by atoms with Crippen molar-refractivity contribution in [3.8, 4) is 11.3 Å². The van der Waals surface area contributed by atoms with E-state index in [1.54, 1.807) is 12.5 Å². The van der Waals surface area contributed by atoms with Gasteiger partial charge in [0.2, 0.25) is 5.91 Å². The zero-order valence-electron chi connectivity index (χ0n) is 19.0. The summed E-state index contributed by atoms with van der Waals surface area (Å²) in [5.74, 6) is 0.0849. The summed E-state index contributed by atoms with van der Waals surface area (Å²) in [5, 5.41) is 1.10. The smallest absolute Gasteiger partial charge is 0.337 e. The summed E-state index contributed by atoms with van der Waals surface area (Å²) in [5.41, 5.74) is 4.61. The first-order chi connectivity index (χ1) is 16.2. The van der Waals surface area contributed by atoms with E-state index in [1.807, 2.05) is 29.2 Å². The average Bonchev–Trinajstić information content (AvgIpc) is 3.51. The molecule has 1 aliphatic carbocycles. The Bertz CT molecular complexity index is 1140. The van der Waals surface area contributed by atoms with Gasteiger partial charge in [-0.05, 0) is 42.5 Å². The molecular weight excluding hydrogens is 420 g/mol. The standard InChI is InChI=1S/C26H30N2O5/c1-31-26(30)19-7-8-21-22(15-19)28(16-23(29)27-10-13-32-14-11-27)25(20-9-12-33-17-20)24(21)18-5-3-2-4-6-18/h7-9,12,15,17-18H,2-6,10-11,13-14,16H2,1H3. The molecule has 0 bridgehead atoms. The molecule has 174 valence electrons. The van der Waals surface area contributed by atoms with Crippen LogP contribution in [-0.2, 0) is 20.8 Å². The lowest BCUT2D eigenvalue weighted by molar-refractivity contribution is -0.135. The van der Waals surface area contributed by atoms with Gasteiger partial charge in [-0.1, -0.05) is 25.3 Å². The van der Waals surface area contributed by atoms with Gasteiger partial charge >= 0.3 is 5.97 Å². The zero-order valence-corrected chi connectivity index (χ0v) is 19.0. The number of aromatic nitrogens is 1. The van der Waals surface area contributed by atoms with Gasteiger partial charge in [0.15, 0.2) is 0 Å². The number of esters is 1. The molecule has 0 N–H and O–H groups in total. The molecule has 0 radical (unpaired) electrons. The number of ether oxygens (including phenoxy) is 2. The van der Waals surface area contributed by atoms with E-state index in [-0.39, 0.29) is 18.4 Å². The van der Waals surface area contributed by atoms with Crippen LogP contribution in [0.2, 0.25) is 0 Å². The van der Waals surface area contributed by atoms with E-state index in [9.17, 15) is 9.59 Å². The summed E-state index contributed by atoms with van der Waals surface area (Å²) in [6.07, 6.45) is 9.34. The first-order valence-corrected chi connectivity index (χ1v) is 11.8. The Labute approximate surface area is 193 Å². The maximum absolute atomic E-state index is 13.3. The van der Waals surface area contributed by atoms with E-state index in [0.717, 1.165) is 35.0 Å². The van der Waals surface area contributed by atoms with Gasteiger partial charge in [-0.25, -0.2) is 4.79 Å². The first-order valence-electron chi connectivity index (χ1n) is 11.8. The third-order valence-electron chi connectivity index (χ3n) is 6.99. The van der Waals surface area contributed by atoms with Gasteiger partial charge in [0.25, 0.3) is 0 Å². The van der Waals surface area contributed by atoms with Crippen molar-refractivity contribution in [3.05, 3.63) is 47.9 Å². The number of carbonyl (C=O) groups excluding carboxylic acids is 2. The van der Waals surface area contributed by atoms with Crippen molar-refractivity contribution in [2.75, 3.05) is 33.4 Å². The lowest BCUT2D eigenvalue weighted by Gasteiger charge is -2.27. The highest BCUT2D eigenvalue weighted by molar-refractivity contribution is 5.99. The van der Waals surface area contributed by atoms with Crippen LogP contribution >= 0.6 is 0 Å². The highest BCUT2D eigenvalue weighted by Gasteiger charge is 2.29. The number of furan rings is 1. The molecule has 1 aromatic carbocycles. The molecular formula is C26H30N2O5. The Morgan fingerprint density at radius 3 is 2.58 bits per heavy atom. The molecule has 3 aromatic rings. The second-order valence-electron chi connectivity index (χ2n) is 8.91. The van der Waals surface area contributed by atoms with E-state index in [2.05, 4.69) is 4.57 Å². The van der Waals surface area contributed by atoms with Crippen LogP contribution in [-0.4, -0.2) is 54.8 Å². The van der Waals surface area contributed by atoms with E-state index < -0.39 is 0 Å². The maximum atomic E-state index is 13.3. The molecule has 2 aromatic heterocycles. The number of nitrogens with zero attached hydrogens (tertiary/aromatic N) is 2. The molecule has 2 fully saturated rings. The van der Waals surface area contributed by atoms with Gasteiger partial charge in [-0.3, -0.25) is 4.79 Å². The summed E-state index contributed by atoms with van der Waals surface area (Å²) in [4.78, 5) is 27.5. The number of methoxy groups -OCH3 is 1. The van der Waals surface area contributed by atoms with E-state index in [4.69, 9.17) is 13.9 Å². The minimum Gasteiger partial charge on any atom is -0.472 e. The molecule has 1 saturated heterocycles. The molecule has 1 saturated carbocycles. The van der Waals surface area contributed by atoms with E-state index in [1.165, 1.54) is 31.9 Å². The van der Waals surface area contributed by atoms with Gasteiger partial charge in [0, 0.05) is 24.0 Å². The third kappa shape index (κ3) is 4.17. The predicted octanol–water partition coefficient (Wildman–Crippen LogP) is 4.59. The van der Waals surface area contributed by atoms with Crippen molar-refractivity contribution in [2.24, 2.45) is 0 Å². The van der Waals surface area contributed by atoms with Crippen LogP contribution in [0.1, 0.15) is 53.9 Å². The Balaban J connectivity index is 1.69. The average molecular weight is 451 g/mol. The van der Waals surface area contributed by atoms with Crippen LogP contribution in [0, 0.1) is 0 Å². The lowest BCUT2D eigenvalue weighted by Crippen LogP contribution is -2.42. The fourth-order valence-electron chi connectivity index (χ4n) is 5.35. The fraction of sp³-hybridized carbons (Fsp3) is 0.462. The van der Waals surface area contributed by atoms with Crippen molar-refractivity contribution >= 4 is 22.8 Å². The van der Waals surface area contributed by atoms with Crippen LogP contribution < -0.4 is 0 Å². The lowest BCUT2D eigenvalue weighted by atomic mass is 9.82. The van der Waals surface area contributed by atoms with E-state index in [0.29, 0.717) is 37.8 Å². The molecule has 33 heavy (non-hydrogen) atoms. The molecule has 0 unspecified atom stereocenters. The second-order valence-corrected chi connectivity index (χ2v) is 8.91. The summed E-state index contributed by atoms with van der Waals surface area (Å²) in [6.45, 7) is 2.53. The quantitative estimate of drug-likeness (QED) is 0.532. The summed E-state index contributed by atoms with van der Waals surface area (Å²) < 4.78 is 17.9. The Hall–Kier alpha value is -3.06. The number of morpholine rings is 1. The molecule has 7 heteroatoms. The third-order valence-corrected chi connectivity index (χ3v) is 6.99. The second kappa shape index (κ2) is 9.43. The highest BCUT2D eigenvalue weighted by atomic mass is 16.5. The number of rotatable bonds is 5. The molecule has 7 nitrogen and oxygen atoms in total. The zero-order chi connectivity index (χ0) is 22.8. The molecule has 1 aliphatic heterocycles. The van der Waals surface area contributed by atoms with Crippen LogP contribution in [0.5, 0.6) is 0 Å². The van der Waals surface area contributed by atoms with Crippen LogP contribution in [0.15, 0.2) is 41.2 Å². The minimum atomic E-state index is -0.381. The molecule has 0 atom stereocenters. The summed E-state index contributed by atoms with van der Waals surface area (Å²) in [6, 6.07) is 7.67. The van der Waals surface area contributed by atoms with Crippen molar-refractivity contribution in [1.29, 1.82) is 0 Å². The van der Waals surface area contributed by atoms with Crippen molar-refractivity contribution in [3.63, 3.8) is 0 Å². The summed E-state index contributed by atoms with van der Waals surface area (Å²) in [7, 11) is 1.39. The number of amides is 1. The van der Waals surface area contributed by atoms with Crippen molar-refractivity contribution < 1.29 is 23.5 Å². The van der Waals surface area contributed by atoms with Gasteiger partial charge in [0.05, 0.1) is 49.6 Å². The van der Waals surface area contributed by atoms with Crippen LogP contribution in [0.3, 0.4) is 0 Å². The molecule has 5 rings (SSSR count). The number of hydrogen-bond acceptors (Lipinski definition) is 5. The van der Waals surface area contributed by atoms with Gasteiger partial charge in [-0.2, -0.15) is 0 Å². The minimum absolute atomic E-state index is 0.0543. The number of hydrogen-bond donors (Lipinski definition) is 0. The molecule has 0 spiro atoms. The normalized spacial score (nSPS) is 17.4. The van der Waals surface area contributed by atoms with Crippen LogP contribution in [0.25, 0.3) is 22.2 Å². The predicted molar refractivity (Wildman–Crippen MR) is 124 cm³/mol. The van der Waals surface area contributed by atoms with Gasteiger partial charge in [-0.15, -0.1) is 0 Å². The van der Waals surface area contributed by atoms with E-state index >= 15 is 0 Å². The Kier molecular flexibility index (Phi) is 6.22. The number of fused-ring (bicyclic) bond motifs is 1. The topological polar surface area (TPSA) is 73.9 Å². The Morgan fingerprint density at radius 2 is 1.88 bits per heavy atom. The summed E-state index contributed by atoms with van der Waals surface area (Å²) >= 11 is 0. The maximum Gasteiger partial charge on any atom is 0.337 e. The van der Waals surface area contributed by atoms with Crippen LogP contribution in [0.4, 0.5) is 0 Å². The highest BCUT2D eigenvalue weighted by Crippen LogP contribution is 2.44. The number of benzene rings is 1. The SMILES string of the molecule is COC(=O)c1ccc2c(C3CCCCC3)c(-c3ccoc3)n(CC(=O)N3CCOCC3)c2c1. The van der Waals surface area contributed by atoms with Crippen molar-refractivity contribution in [2.45, 2.75) is 44.6 Å². The van der Waals surface area contributed by atoms with Gasteiger partial charge < -0.3 is 23.4 Å². The Morgan fingerprint density at radius 1 is 1.09 bits per heavy atom. The monoisotopic (exact) mass is 450 g/mol. The van der Waals surface area contributed by atoms with Gasteiger partial charge in [0.1, 0.15) is 6.54 Å². The first kappa shape index (κ1) is 21.8. The largest absolute Gasteiger partial charge is 0.472 e. The molecule has 2 aliphatic rings.